The second kappa shape index (κ2) is 7.18. The lowest BCUT2D eigenvalue weighted by atomic mass is 10.1. The lowest BCUT2D eigenvalue weighted by Crippen LogP contribution is -2.19. The maximum Gasteiger partial charge on any atom is 0.251 e. The normalized spacial score (nSPS) is 10.2. The summed E-state index contributed by atoms with van der Waals surface area (Å²) >= 11 is 1.71. The molecule has 0 saturated heterocycles. The highest BCUT2D eigenvalue weighted by atomic mass is 32.2. The molecule has 110 valence electrons. The average molecular weight is 301 g/mol. The first kappa shape index (κ1) is 15.4. The molecular formula is C17H19NO2S. The highest BCUT2D eigenvalue weighted by molar-refractivity contribution is 7.98. The zero-order chi connectivity index (χ0) is 15.2. The summed E-state index contributed by atoms with van der Waals surface area (Å²) in [7, 11) is 3.26. The van der Waals surface area contributed by atoms with Crippen LogP contribution in [0.2, 0.25) is 0 Å². The van der Waals surface area contributed by atoms with E-state index in [-0.39, 0.29) is 5.91 Å². The molecule has 0 aliphatic carbocycles. The van der Waals surface area contributed by atoms with Gasteiger partial charge in [-0.25, -0.2) is 0 Å². The van der Waals surface area contributed by atoms with Gasteiger partial charge in [-0.3, -0.25) is 4.79 Å². The molecule has 1 amide bonds. The Kier molecular flexibility index (Phi) is 5.28. The van der Waals surface area contributed by atoms with E-state index < -0.39 is 0 Å². The zero-order valence-corrected chi connectivity index (χ0v) is 13.3. The van der Waals surface area contributed by atoms with Gasteiger partial charge in [0, 0.05) is 23.3 Å². The minimum atomic E-state index is -0.0922. The molecule has 4 heteroatoms. The molecule has 0 bridgehead atoms. The molecule has 0 heterocycles. The van der Waals surface area contributed by atoms with Crippen molar-refractivity contribution in [1.29, 1.82) is 0 Å². The van der Waals surface area contributed by atoms with Gasteiger partial charge in [0.2, 0.25) is 0 Å². The first-order valence-corrected chi connectivity index (χ1v) is 7.71. The Morgan fingerprint density at radius 1 is 1.24 bits per heavy atom. The van der Waals surface area contributed by atoms with E-state index in [9.17, 15) is 4.79 Å². The van der Waals surface area contributed by atoms with Gasteiger partial charge >= 0.3 is 0 Å². The summed E-state index contributed by atoms with van der Waals surface area (Å²) in [6.07, 6.45) is 0. The quantitative estimate of drug-likeness (QED) is 0.857. The number of hydrogen-bond acceptors (Lipinski definition) is 3. The predicted molar refractivity (Wildman–Crippen MR) is 87.1 cm³/mol. The van der Waals surface area contributed by atoms with E-state index in [2.05, 4.69) is 17.4 Å². The van der Waals surface area contributed by atoms with E-state index in [0.29, 0.717) is 5.56 Å². The smallest absolute Gasteiger partial charge is 0.251 e. The summed E-state index contributed by atoms with van der Waals surface area (Å²) in [5.41, 5.74) is 2.86. The summed E-state index contributed by atoms with van der Waals surface area (Å²) in [6, 6.07) is 14.1. The number of hydrogen-bond donors (Lipinski definition) is 1. The third-order valence-electron chi connectivity index (χ3n) is 3.22. The van der Waals surface area contributed by atoms with Crippen molar-refractivity contribution in [2.75, 3.05) is 14.2 Å². The maximum atomic E-state index is 11.8. The minimum absolute atomic E-state index is 0.0922. The van der Waals surface area contributed by atoms with Crippen molar-refractivity contribution in [3.63, 3.8) is 0 Å². The molecule has 0 fully saturated rings. The van der Waals surface area contributed by atoms with Crippen molar-refractivity contribution >= 4 is 17.7 Å². The molecule has 0 aromatic heterocycles. The van der Waals surface area contributed by atoms with Crippen molar-refractivity contribution < 1.29 is 9.53 Å². The van der Waals surface area contributed by atoms with Crippen LogP contribution in [0.4, 0.5) is 0 Å². The first-order chi connectivity index (χ1) is 10.2. The van der Waals surface area contributed by atoms with Gasteiger partial charge in [-0.05, 0) is 30.2 Å². The molecule has 0 aliphatic rings. The molecule has 0 unspecified atom stereocenters. The van der Waals surface area contributed by atoms with Crippen LogP contribution >= 0.6 is 11.8 Å². The number of benzene rings is 2. The molecule has 2 rings (SSSR count). The molecule has 0 saturated carbocycles. The Hall–Kier alpha value is -1.94. The van der Waals surface area contributed by atoms with Crippen LogP contribution in [0.1, 0.15) is 21.5 Å². The van der Waals surface area contributed by atoms with Gasteiger partial charge in [0.25, 0.3) is 5.91 Å². The number of methoxy groups -OCH3 is 1. The van der Waals surface area contributed by atoms with Gasteiger partial charge < -0.3 is 10.1 Å². The molecule has 0 atom stereocenters. The van der Waals surface area contributed by atoms with Crippen LogP contribution in [0.3, 0.4) is 0 Å². The Bertz CT molecular complexity index is 626. The molecule has 1 N–H and O–H groups in total. The fourth-order valence-corrected chi connectivity index (χ4v) is 3.11. The fourth-order valence-electron chi connectivity index (χ4n) is 2.05. The summed E-state index contributed by atoms with van der Waals surface area (Å²) < 4.78 is 5.42. The molecule has 21 heavy (non-hydrogen) atoms. The van der Waals surface area contributed by atoms with Crippen LogP contribution < -0.4 is 10.1 Å². The van der Waals surface area contributed by atoms with Crippen LogP contribution in [0.15, 0.2) is 47.4 Å². The number of carbonyl (C=O) groups excluding carboxylic acids is 1. The molecular weight excluding hydrogens is 282 g/mol. The van der Waals surface area contributed by atoms with Crippen LogP contribution in [0, 0.1) is 6.92 Å². The van der Waals surface area contributed by atoms with E-state index in [1.54, 1.807) is 25.9 Å². The van der Waals surface area contributed by atoms with Crippen molar-refractivity contribution in [3.8, 4) is 5.75 Å². The topological polar surface area (TPSA) is 38.3 Å². The highest BCUT2D eigenvalue weighted by Crippen LogP contribution is 2.34. The number of amides is 1. The van der Waals surface area contributed by atoms with Gasteiger partial charge in [0.05, 0.1) is 7.11 Å². The number of ether oxygens (including phenoxy) is 1. The van der Waals surface area contributed by atoms with E-state index in [4.69, 9.17) is 4.74 Å². The van der Waals surface area contributed by atoms with E-state index in [1.807, 2.05) is 37.3 Å². The second-order valence-electron chi connectivity index (χ2n) is 4.67. The summed E-state index contributed by atoms with van der Waals surface area (Å²) in [4.78, 5) is 12.9. The zero-order valence-electron chi connectivity index (χ0n) is 12.5. The van der Waals surface area contributed by atoms with Crippen molar-refractivity contribution in [1.82, 2.24) is 5.32 Å². The Labute approximate surface area is 129 Å². The number of nitrogens with one attached hydrogen (secondary N) is 1. The Balaban J connectivity index is 2.23. The molecule has 0 spiro atoms. The van der Waals surface area contributed by atoms with Gasteiger partial charge in [0.15, 0.2) is 0 Å². The fraction of sp³-hybridized carbons (Fsp3) is 0.235. The van der Waals surface area contributed by atoms with Crippen LogP contribution in [-0.4, -0.2) is 20.1 Å². The van der Waals surface area contributed by atoms with Crippen LogP contribution in [0.25, 0.3) is 0 Å². The minimum Gasteiger partial charge on any atom is -0.496 e. The summed E-state index contributed by atoms with van der Waals surface area (Å²) in [5, 5.41) is 2.65. The molecule has 0 aliphatic heterocycles. The SMILES string of the molecule is CNC(=O)c1cc(OC)c(SCc2ccccc2)cc1C. The summed E-state index contributed by atoms with van der Waals surface area (Å²) in [5.74, 6) is 1.52. The van der Waals surface area contributed by atoms with E-state index in [0.717, 1.165) is 22.0 Å². The number of rotatable bonds is 5. The Morgan fingerprint density at radius 2 is 1.95 bits per heavy atom. The maximum absolute atomic E-state index is 11.8. The number of thioether (sulfide) groups is 1. The third kappa shape index (κ3) is 3.79. The van der Waals surface area contributed by atoms with Gasteiger partial charge in [-0.15, -0.1) is 11.8 Å². The first-order valence-electron chi connectivity index (χ1n) is 6.73. The van der Waals surface area contributed by atoms with Crippen molar-refractivity contribution in [2.45, 2.75) is 17.6 Å². The third-order valence-corrected chi connectivity index (χ3v) is 4.33. The van der Waals surface area contributed by atoms with E-state index >= 15 is 0 Å². The lowest BCUT2D eigenvalue weighted by molar-refractivity contribution is 0.0962. The Morgan fingerprint density at radius 3 is 2.57 bits per heavy atom. The molecule has 0 radical (unpaired) electrons. The number of aryl methyl sites for hydroxylation is 1. The van der Waals surface area contributed by atoms with Crippen molar-refractivity contribution in [2.24, 2.45) is 0 Å². The molecule has 3 nitrogen and oxygen atoms in total. The monoisotopic (exact) mass is 301 g/mol. The summed E-state index contributed by atoms with van der Waals surface area (Å²) in [6.45, 7) is 1.94. The van der Waals surface area contributed by atoms with E-state index in [1.165, 1.54) is 5.56 Å². The lowest BCUT2D eigenvalue weighted by Gasteiger charge is -2.12. The molecule has 2 aromatic rings. The second-order valence-corrected chi connectivity index (χ2v) is 5.69. The van der Waals surface area contributed by atoms with Crippen LogP contribution in [0.5, 0.6) is 5.75 Å². The van der Waals surface area contributed by atoms with Crippen molar-refractivity contribution in [3.05, 3.63) is 59.2 Å². The largest absolute Gasteiger partial charge is 0.496 e. The van der Waals surface area contributed by atoms with Gasteiger partial charge in [0.1, 0.15) is 5.75 Å². The van der Waals surface area contributed by atoms with Crippen LogP contribution in [-0.2, 0) is 5.75 Å². The highest BCUT2D eigenvalue weighted by Gasteiger charge is 2.13. The van der Waals surface area contributed by atoms with Gasteiger partial charge in [-0.2, -0.15) is 0 Å². The average Bonchev–Trinajstić information content (AvgIpc) is 2.53. The van der Waals surface area contributed by atoms with Gasteiger partial charge in [-0.1, -0.05) is 30.3 Å². The molecule has 2 aromatic carbocycles. The number of carbonyl (C=O) groups is 1. The standard InChI is InChI=1S/C17H19NO2S/c1-12-9-16(21-11-13-7-5-4-6-8-13)15(20-3)10-14(12)17(19)18-2/h4-10H,11H2,1-3H3,(H,18,19). The predicted octanol–water partition coefficient (Wildman–Crippen LogP) is 3.66.